The monoisotopic (exact) mass is 291 g/mol. The molecule has 1 rings (SSSR count). The first-order valence-corrected chi connectivity index (χ1v) is 4.60. The molecule has 1 aromatic heterocycles. The maximum atomic E-state index is 12.5. The number of hydrogen-bond donors (Lipinski definition) is 1. The summed E-state index contributed by atoms with van der Waals surface area (Å²) in [7, 11) is 0.925. The molecular weight excluding hydrogens is 284 g/mol. The Bertz CT molecular complexity index is 456. The van der Waals surface area contributed by atoms with Crippen LogP contribution in [0.2, 0.25) is 0 Å². The lowest BCUT2D eigenvalue weighted by atomic mass is 10.2. The van der Waals surface area contributed by atoms with Crippen molar-refractivity contribution in [2.45, 2.75) is 19.1 Å². The lowest BCUT2D eigenvalue weighted by Crippen LogP contribution is -2.21. The smallest absolute Gasteiger partial charge is 0.491 e. The number of alkyl halides is 6. The first kappa shape index (κ1) is 15.3. The molecule has 0 fully saturated rings. The molecule has 19 heavy (non-hydrogen) atoms. The van der Waals surface area contributed by atoms with Gasteiger partial charge < -0.3 is 14.6 Å². The molecule has 10 heteroatoms. The number of rotatable bonds is 3. The second-order valence-corrected chi connectivity index (χ2v) is 3.21. The van der Waals surface area contributed by atoms with E-state index in [1.54, 1.807) is 0 Å². The van der Waals surface area contributed by atoms with Gasteiger partial charge >= 0.3 is 12.5 Å². The van der Waals surface area contributed by atoms with Crippen LogP contribution in [0.1, 0.15) is 11.3 Å². The molecule has 0 unspecified atom stereocenters. The Labute approximate surface area is 102 Å². The SMILES string of the molecule is COc1cc(CO)c(C(F)(F)F)nc1OC(F)(F)F. The highest BCUT2D eigenvalue weighted by atomic mass is 19.4. The van der Waals surface area contributed by atoms with Gasteiger partial charge in [0, 0.05) is 5.56 Å². The topological polar surface area (TPSA) is 51.6 Å². The van der Waals surface area contributed by atoms with Crippen molar-refractivity contribution in [1.82, 2.24) is 4.98 Å². The lowest BCUT2D eigenvalue weighted by molar-refractivity contribution is -0.277. The fourth-order valence-electron chi connectivity index (χ4n) is 1.21. The summed E-state index contributed by atoms with van der Waals surface area (Å²) in [5, 5.41) is 8.77. The Hall–Kier alpha value is -1.71. The second-order valence-electron chi connectivity index (χ2n) is 3.21. The van der Waals surface area contributed by atoms with E-state index in [2.05, 4.69) is 14.5 Å². The number of aliphatic hydroxyl groups excluding tert-OH is 1. The highest BCUT2D eigenvalue weighted by Gasteiger charge is 2.39. The molecule has 0 saturated heterocycles. The number of nitrogens with zero attached hydrogens (tertiary/aromatic N) is 1. The van der Waals surface area contributed by atoms with Gasteiger partial charge in [-0.1, -0.05) is 0 Å². The number of pyridine rings is 1. The van der Waals surface area contributed by atoms with E-state index in [1.807, 2.05) is 0 Å². The van der Waals surface area contributed by atoms with E-state index in [1.165, 1.54) is 0 Å². The summed E-state index contributed by atoms with van der Waals surface area (Å²) in [6, 6.07) is 0.580. The molecule has 0 aliphatic carbocycles. The average Bonchev–Trinajstić information content (AvgIpc) is 2.25. The third-order valence-electron chi connectivity index (χ3n) is 1.90. The van der Waals surface area contributed by atoms with E-state index in [-0.39, 0.29) is 0 Å². The highest BCUT2D eigenvalue weighted by Crippen LogP contribution is 2.38. The van der Waals surface area contributed by atoms with Crippen molar-refractivity contribution >= 4 is 0 Å². The fourth-order valence-corrected chi connectivity index (χ4v) is 1.21. The second kappa shape index (κ2) is 5.11. The van der Waals surface area contributed by atoms with Gasteiger partial charge in [-0.05, 0) is 6.07 Å². The van der Waals surface area contributed by atoms with Crippen molar-refractivity contribution in [3.05, 3.63) is 17.3 Å². The van der Waals surface area contributed by atoms with Crippen LogP contribution in [0, 0.1) is 0 Å². The summed E-state index contributed by atoms with van der Waals surface area (Å²) >= 11 is 0. The molecule has 4 nitrogen and oxygen atoms in total. The van der Waals surface area contributed by atoms with Crippen LogP contribution in [0.15, 0.2) is 6.07 Å². The van der Waals surface area contributed by atoms with Gasteiger partial charge in [0.15, 0.2) is 11.4 Å². The van der Waals surface area contributed by atoms with Crippen molar-refractivity contribution < 1.29 is 40.9 Å². The molecule has 0 aliphatic rings. The molecule has 0 bridgehead atoms. The Kier molecular flexibility index (Phi) is 4.13. The third-order valence-corrected chi connectivity index (χ3v) is 1.90. The van der Waals surface area contributed by atoms with Crippen LogP contribution in [-0.2, 0) is 12.8 Å². The zero-order valence-electron chi connectivity index (χ0n) is 9.26. The fraction of sp³-hybridized carbons (Fsp3) is 0.444. The molecule has 1 aromatic rings. The van der Waals surface area contributed by atoms with E-state index in [0.717, 1.165) is 7.11 Å². The van der Waals surface area contributed by atoms with Crippen molar-refractivity contribution in [3.63, 3.8) is 0 Å². The predicted octanol–water partition coefficient (Wildman–Crippen LogP) is 2.50. The molecule has 0 saturated carbocycles. The van der Waals surface area contributed by atoms with Crippen molar-refractivity contribution in [3.8, 4) is 11.6 Å². The van der Waals surface area contributed by atoms with E-state index in [0.29, 0.717) is 6.07 Å². The van der Waals surface area contributed by atoms with Crippen LogP contribution in [-0.4, -0.2) is 23.6 Å². The summed E-state index contributed by atoms with van der Waals surface area (Å²) in [4.78, 5) is 2.72. The van der Waals surface area contributed by atoms with E-state index >= 15 is 0 Å². The molecule has 0 radical (unpaired) electrons. The van der Waals surface area contributed by atoms with Crippen LogP contribution in [0.4, 0.5) is 26.3 Å². The molecule has 0 aromatic carbocycles. The summed E-state index contributed by atoms with van der Waals surface area (Å²) in [6.07, 6.45) is -10.3. The average molecular weight is 291 g/mol. The minimum Gasteiger partial charge on any atom is -0.491 e. The minimum absolute atomic E-state index is 0.580. The maximum Gasteiger partial charge on any atom is 0.574 e. The standard InChI is InChI=1S/C9H7F6NO3/c1-18-5-2-4(3-17)6(8(10,11)12)16-7(5)19-9(13,14)15/h2,17H,3H2,1H3. The molecule has 0 spiro atoms. The first-order chi connectivity index (χ1) is 8.58. The Balaban J connectivity index is 3.38. The van der Waals surface area contributed by atoms with E-state index in [9.17, 15) is 26.3 Å². The molecule has 0 amide bonds. The highest BCUT2D eigenvalue weighted by molar-refractivity contribution is 5.40. The van der Waals surface area contributed by atoms with Crippen molar-refractivity contribution in [2.75, 3.05) is 7.11 Å². The molecule has 1 N–H and O–H groups in total. The van der Waals surface area contributed by atoms with Gasteiger partial charge in [0.25, 0.3) is 5.88 Å². The number of aromatic nitrogens is 1. The van der Waals surface area contributed by atoms with Gasteiger partial charge in [-0.2, -0.15) is 13.2 Å². The van der Waals surface area contributed by atoms with Crippen LogP contribution in [0.3, 0.4) is 0 Å². The Morgan fingerprint density at radius 2 is 1.79 bits per heavy atom. The van der Waals surface area contributed by atoms with Gasteiger partial charge in [-0.3, -0.25) is 0 Å². The van der Waals surface area contributed by atoms with E-state index in [4.69, 9.17) is 5.11 Å². The Morgan fingerprint density at radius 1 is 1.21 bits per heavy atom. The molecule has 108 valence electrons. The van der Waals surface area contributed by atoms with Crippen LogP contribution in [0.5, 0.6) is 11.6 Å². The molecular formula is C9H7F6NO3. The zero-order valence-corrected chi connectivity index (χ0v) is 9.26. The number of methoxy groups -OCH3 is 1. The van der Waals surface area contributed by atoms with Gasteiger partial charge in [-0.15, -0.1) is 13.2 Å². The molecule has 0 atom stereocenters. The summed E-state index contributed by atoms with van der Waals surface area (Å²) in [5.41, 5.74) is -2.39. The zero-order chi connectivity index (χ0) is 14.8. The first-order valence-electron chi connectivity index (χ1n) is 4.60. The molecule has 1 heterocycles. The van der Waals surface area contributed by atoms with Gasteiger partial charge in [0.05, 0.1) is 13.7 Å². The van der Waals surface area contributed by atoms with Crippen LogP contribution in [0.25, 0.3) is 0 Å². The summed E-state index contributed by atoms with van der Waals surface area (Å²) < 4.78 is 81.4. The van der Waals surface area contributed by atoms with Gasteiger partial charge in [0.1, 0.15) is 0 Å². The minimum atomic E-state index is -5.22. The quantitative estimate of drug-likeness (QED) is 0.869. The number of hydrogen-bond acceptors (Lipinski definition) is 4. The third kappa shape index (κ3) is 3.88. The van der Waals surface area contributed by atoms with E-state index < -0.39 is 42.0 Å². The van der Waals surface area contributed by atoms with Crippen LogP contribution < -0.4 is 9.47 Å². The number of ether oxygens (including phenoxy) is 2. The largest absolute Gasteiger partial charge is 0.574 e. The van der Waals surface area contributed by atoms with Gasteiger partial charge in [-0.25, -0.2) is 4.98 Å². The van der Waals surface area contributed by atoms with Crippen LogP contribution >= 0.6 is 0 Å². The number of halogens is 6. The van der Waals surface area contributed by atoms with Gasteiger partial charge in [0.2, 0.25) is 0 Å². The number of aliphatic hydroxyl groups is 1. The van der Waals surface area contributed by atoms with Crippen molar-refractivity contribution in [1.29, 1.82) is 0 Å². The summed E-state index contributed by atoms with van der Waals surface area (Å²) in [5.74, 6) is -2.05. The maximum absolute atomic E-state index is 12.5. The van der Waals surface area contributed by atoms with Crippen molar-refractivity contribution in [2.24, 2.45) is 0 Å². The lowest BCUT2D eigenvalue weighted by Gasteiger charge is -2.16. The summed E-state index contributed by atoms with van der Waals surface area (Å²) in [6.45, 7) is -1.06. The molecule has 0 aliphatic heterocycles. The Morgan fingerprint density at radius 3 is 2.16 bits per heavy atom. The predicted molar refractivity (Wildman–Crippen MR) is 48.4 cm³/mol. The normalized spacial score (nSPS) is 12.4.